The summed E-state index contributed by atoms with van der Waals surface area (Å²) >= 11 is 5.77. The lowest BCUT2D eigenvalue weighted by Gasteiger charge is -1.99. The topological polar surface area (TPSA) is 76.8 Å². The largest absolute Gasteiger partial charge is 0.399 e. The van der Waals surface area contributed by atoms with Crippen molar-refractivity contribution in [3.63, 3.8) is 0 Å². The van der Waals surface area contributed by atoms with Gasteiger partial charge in [-0.1, -0.05) is 11.6 Å². The van der Waals surface area contributed by atoms with Crippen molar-refractivity contribution < 1.29 is 0 Å². The number of anilines is 2. The molecule has 0 aliphatic rings. The van der Waals surface area contributed by atoms with Crippen LogP contribution in [0.25, 0.3) is 0 Å². The minimum Gasteiger partial charge on any atom is -0.399 e. The van der Waals surface area contributed by atoms with Gasteiger partial charge in [0.05, 0.1) is 11.4 Å². The average Bonchev–Trinajstić information content (AvgIpc) is 2.30. The van der Waals surface area contributed by atoms with Crippen LogP contribution in [-0.4, -0.2) is 0 Å². The minimum atomic E-state index is 0.503. The summed E-state index contributed by atoms with van der Waals surface area (Å²) in [6, 6.07) is 12.2. The smallest absolute Gasteiger partial charge is 0.109 e. The second kappa shape index (κ2) is 4.84. The van der Waals surface area contributed by atoms with Gasteiger partial charge in [0, 0.05) is 10.7 Å². The predicted molar refractivity (Wildman–Crippen MR) is 70.9 cm³/mol. The van der Waals surface area contributed by atoms with E-state index in [1.165, 1.54) is 0 Å². The molecule has 0 fully saturated rings. The first-order valence-electron chi connectivity index (χ1n) is 4.97. The van der Waals surface area contributed by atoms with E-state index >= 15 is 0 Å². The molecule has 0 aliphatic carbocycles. The zero-order valence-electron chi connectivity index (χ0n) is 8.97. The Hall–Kier alpha value is -2.07. The second-order valence-electron chi connectivity index (χ2n) is 3.49. The van der Waals surface area contributed by atoms with E-state index in [2.05, 4.69) is 10.2 Å². The van der Waals surface area contributed by atoms with Gasteiger partial charge in [0.15, 0.2) is 0 Å². The first-order valence-corrected chi connectivity index (χ1v) is 5.35. The SMILES string of the molecule is Nc1ccc(N=Nc2ccc(Cl)cc2)c(N)c1. The van der Waals surface area contributed by atoms with Crippen molar-refractivity contribution in [2.75, 3.05) is 11.5 Å². The normalized spacial score (nSPS) is 10.9. The average molecular weight is 247 g/mol. The molecule has 5 heteroatoms. The first kappa shape index (κ1) is 11.4. The van der Waals surface area contributed by atoms with E-state index in [-0.39, 0.29) is 0 Å². The molecule has 0 heterocycles. The second-order valence-corrected chi connectivity index (χ2v) is 3.93. The molecule has 0 saturated heterocycles. The lowest BCUT2D eigenvalue weighted by molar-refractivity contribution is 1.23. The fourth-order valence-corrected chi connectivity index (χ4v) is 1.41. The van der Waals surface area contributed by atoms with Crippen LogP contribution in [0.2, 0.25) is 5.02 Å². The number of rotatable bonds is 2. The standard InChI is InChI=1S/C12H11ClN4/c13-8-1-4-10(5-2-8)16-17-12-6-3-9(14)7-11(12)15/h1-7H,14-15H2. The summed E-state index contributed by atoms with van der Waals surface area (Å²) in [6.45, 7) is 0. The molecule has 4 nitrogen and oxygen atoms in total. The van der Waals surface area contributed by atoms with Crippen LogP contribution in [0, 0.1) is 0 Å². The molecular weight excluding hydrogens is 236 g/mol. The highest BCUT2D eigenvalue weighted by Crippen LogP contribution is 2.26. The van der Waals surface area contributed by atoms with Gasteiger partial charge < -0.3 is 11.5 Å². The van der Waals surface area contributed by atoms with Gasteiger partial charge >= 0.3 is 0 Å². The van der Waals surface area contributed by atoms with Crippen molar-refractivity contribution in [3.05, 3.63) is 47.5 Å². The quantitative estimate of drug-likeness (QED) is 0.622. The number of azo groups is 1. The van der Waals surface area contributed by atoms with E-state index in [1.807, 2.05) is 0 Å². The van der Waals surface area contributed by atoms with E-state index in [4.69, 9.17) is 23.1 Å². The molecule has 2 aromatic rings. The molecule has 2 rings (SSSR count). The van der Waals surface area contributed by atoms with E-state index < -0.39 is 0 Å². The third-order valence-corrected chi connectivity index (χ3v) is 2.40. The number of nitrogen functional groups attached to an aromatic ring is 2. The summed E-state index contributed by atoms with van der Waals surface area (Å²) in [4.78, 5) is 0. The number of halogens is 1. The Balaban J connectivity index is 2.23. The summed E-state index contributed by atoms with van der Waals surface area (Å²) in [5, 5.41) is 8.76. The number of nitrogens with two attached hydrogens (primary N) is 2. The van der Waals surface area contributed by atoms with Crippen LogP contribution in [0.15, 0.2) is 52.7 Å². The van der Waals surface area contributed by atoms with Crippen LogP contribution >= 0.6 is 11.6 Å². The zero-order valence-corrected chi connectivity index (χ0v) is 9.72. The molecule has 4 N–H and O–H groups in total. The van der Waals surface area contributed by atoms with Gasteiger partial charge in [0.2, 0.25) is 0 Å². The molecular formula is C12H11ClN4. The van der Waals surface area contributed by atoms with E-state index in [9.17, 15) is 0 Å². The highest BCUT2D eigenvalue weighted by atomic mass is 35.5. The van der Waals surface area contributed by atoms with Crippen LogP contribution in [0.5, 0.6) is 0 Å². The maximum atomic E-state index is 5.77. The Morgan fingerprint density at radius 1 is 0.882 bits per heavy atom. The summed E-state index contributed by atoms with van der Waals surface area (Å²) in [7, 11) is 0. The Morgan fingerprint density at radius 3 is 2.24 bits per heavy atom. The Labute approximate surface area is 104 Å². The molecule has 0 aliphatic heterocycles. The van der Waals surface area contributed by atoms with Gasteiger partial charge in [-0.3, -0.25) is 0 Å². The highest BCUT2D eigenvalue weighted by Gasteiger charge is 1.97. The summed E-state index contributed by atoms with van der Waals surface area (Å²) in [5.74, 6) is 0. The molecule has 0 amide bonds. The minimum absolute atomic E-state index is 0.503. The fourth-order valence-electron chi connectivity index (χ4n) is 1.28. The molecule has 0 unspecified atom stereocenters. The van der Waals surface area contributed by atoms with Gasteiger partial charge in [-0.15, -0.1) is 5.11 Å². The number of hydrogen-bond donors (Lipinski definition) is 2. The number of benzene rings is 2. The Morgan fingerprint density at radius 2 is 1.59 bits per heavy atom. The molecule has 0 bridgehead atoms. The van der Waals surface area contributed by atoms with Crippen LogP contribution in [0.3, 0.4) is 0 Å². The molecule has 0 aromatic heterocycles. The Kier molecular flexibility index (Phi) is 3.25. The molecule has 17 heavy (non-hydrogen) atoms. The first-order chi connectivity index (χ1) is 8.15. The van der Waals surface area contributed by atoms with Gasteiger partial charge in [-0.2, -0.15) is 5.11 Å². The molecule has 0 radical (unpaired) electrons. The lowest BCUT2D eigenvalue weighted by Crippen LogP contribution is -1.89. The molecule has 86 valence electrons. The van der Waals surface area contributed by atoms with Crippen LogP contribution in [0.1, 0.15) is 0 Å². The van der Waals surface area contributed by atoms with Crippen molar-refractivity contribution in [1.82, 2.24) is 0 Å². The van der Waals surface area contributed by atoms with Crippen LogP contribution in [0.4, 0.5) is 22.7 Å². The Bertz CT molecular complexity index is 549. The van der Waals surface area contributed by atoms with E-state index in [0.717, 1.165) is 0 Å². The van der Waals surface area contributed by atoms with Crippen molar-refractivity contribution in [1.29, 1.82) is 0 Å². The fraction of sp³-hybridized carbons (Fsp3) is 0. The van der Waals surface area contributed by atoms with Gasteiger partial charge in [0.1, 0.15) is 5.69 Å². The molecule has 0 saturated carbocycles. The summed E-state index contributed by atoms with van der Waals surface area (Å²) in [6.07, 6.45) is 0. The number of nitrogens with zero attached hydrogens (tertiary/aromatic N) is 2. The predicted octanol–water partition coefficient (Wildman–Crippen LogP) is 3.92. The lowest BCUT2D eigenvalue weighted by atomic mass is 10.2. The molecule has 0 spiro atoms. The van der Waals surface area contributed by atoms with Gasteiger partial charge in [-0.05, 0) is 42.5 Å². The maximum Gasteiger partial charge on any atom is 0.109 e. The van der Waals surface area contributed by atoms with E-state index in [1.54, 1.807) is 42.5 Å². The zero-order chi connectivity index (χ0) is 12.3. The highest BCUT2D eigenvalue weighted by molar-refractivity contribution is 6.30. The van der Waals surface area contributed by atoms with Crippen molar-refractivity contribution >= 4 is 34.4 Å². The van der Waals surface area contributed by atoms with E-state index in [0.29, 0.717) is 27.8 Å². The number of hydrogen-bond acceptors (Lipinski definition) is 4. The maximum absolute atomic E-state index is 5.77. The van der Waals surface area contributed by atoms with Gasteiger partial charge in [-0.25, -0.2) is 0 Å². The third-order valence-electron chi connectivity index (χ3n) is 2.15. The van der Waals surface area contributed by atoms with Crippen molar-refractivity contribution in [2.24, 2.45) is 10.2 Å². The van der Waals surface area contributed by atoms with Crippen molar-refractivity contribution in [2.45, 2.75) is 0 Å². The van der Waals surface area contributed by atoms with Crippen LogP contribution < -0.4 is 11.5 Å². The van der Waals surface area contributed by atoms with Gasteiger partial charge in [0.25, 0.3) is 0 Å². The molecule has 2 aromatic carbocycles. The summed E-state index contributed by atoms with van der Waals surface area (Å²) in [5.41, 5.74) is 13.8. The molecule has 0 atom stereocenters. The van der Waals surface area contributed by atoms with Crippen molar-refractivity contribution in [3.8, 4) is 0 Å². The monoisotopic (exact) mass is 246 g/mol. The van der Waals surface area contributed by atoms with Crippen LogP contribution in [-0.2, 0) is 0 Å². The summed E-state index contributed by atoms with van der Waals surface area (Å²) < 4.78 is 0. The third kappa shape index (κ3) is 2.95.